The number of aromatic nitrogens is 1. The second kappa shape index (κ2) is 6.79. The summed E-state index contributed by atoms with van der Waals surface area (Å²) < 4.78 is 0. The van der Waals surface area contributed by atoms with Crippen LogP contribution in [0.2, 0.25) is 0 Å². The molecule has 4 rings (SSSR count). The number of pyridine rings is 1. The molecule has 4 nitrogen and oxygen atoms in total. The average molecular weight is 345 g/mol. The van der Waals surface area contributed by atoms with Gasteiger partial charge in [-0.1, -0.05) is 37.3 Å². The number of rotatable bonds is 3. The Bertz CT molecular complexity index is 980. The first-order chi connectivity index (χ1) is 12.7. The number of aryl methyl sites for hydroxylation is 1. The quantitative estimate of drug-likeness (QED) is 0.769. The van der Waals surface area contributed by atoms with Crippen LogP contribution in [-0.4, -0.2) is 17.4 Å². The molecule has 3 aromatic rings. The number of benzene rings is 2. The molecule has 0 saturated carbocycles. The van der Waals surface area contributed by atoms with Crippen LogP contribution in [0.15, 0.2) is 48.5 Å². The third-order valence-corrected chi connectivity index (χ3v) is 5.03. The van der Waals surface area contributed by atoms with Gasteiger partial charge in [-0.15, -0.1) is 0 Å². The van der Waals surface area contributed by atoms with Crippen LogP contribution in [0.5, 0.6) is 0 Å². The summed E-state index contributed by atoms with van der Waals surface area (Å²) in [5.41, 5.74) is 6.91. The summed E-state index contributed by atoms with van der Waals surface area (Å²) in [7, 11) is 0. The van der Waals surface area contributed by atoms with Crippen LogP contribution in [0.25, 0.3) is 10.9 Å². The maximum atomic E-state index is 11.5. The van der Waals surface area contributed by atoms with Crippen molar-refractivity contribution in [2.75, 3.05) is 16.8 Å². The Morgan fingerprint density at radius 2 is 2.04 bits per heavy atom. The van der Waals surface area contributed by atoms with Gasteiger partial charge in [0.1, 0.15) is 0 Å². The molecule has 0 spiro atoms. The Balaban J connectivity index is 1.74. The minimum atomic E-state index is -0.0199. The van der Waals surface area contributed by atoms with Crippen LogP contribution in [0.1, 0.15) is 30.7 Å². The normalized spacial score (nSPS) is 13.5. The van der Waals surface area contributed by atoms with Crippen LogP contribution < -0.4 is 10.2 Å². The van der Waals surface area contributed by atoms with Gasteiger partial charge in [-0.05, 0) is 42.2 Å². The van der Waals surface area contributed by atoms with Crippen LogP contribution in [0.3, 0.4) is 0 Å². The molecule has 2 aromatic carbocycles. The number of anilines is 2. The molecule has 1 aromatic heterocycles. The van der Waals surface area contributed by atoms with E-state index in [1.807, 2.05) is 18.2 Å². The molecule has 26 heavy (non-hydrogen) atoms. The van der Waals surface area contributed by atoms with Crippen molar-refractivity contribution in [3.63, 3.8) is 0 Å². The monoisotopic (exact) mass is 345 g/mol. The molecule has 1 amide bonds. The number of hydrogen-bond donors (Lipinski definition) is 1. The van der Waals surface area contributed by atoms with Gasteiger partial charge < -0.3 is 10.2 Å². The van der Waals surface area contributed by atoms with Gasteiger partial charge >= 0.3 is 0 Å². The molecule has 1 N–H and O–H groups in total. The lowest BCUT2D eigenvalue weighted by atomic mass is 9.96. The van der Waals surface area contributed by atoms with Gasteiger partial charge in [0.25, 0.3) is 0 Å². The fourth-order valence-electron chi connectivity index (χ4n) is 3.77. The van der Waals surface area contributed by atoms with E-state index in [-0.39, 0.29) is 5.91 Å². The number of amides is 1. The number of hydrogen-bond acceptors (Lipinski definition) is 3. The molecular formula is C22H23N3O. The Hall–Kier alpha value is -2.88. The van der Waals surface area contributed by atoms with Gasteiger partial charge in [0.05, 0.1) is 5.52 Å². The summed E-state index contributed by atoms with van der Waals surface area (Å²) in [6.45, 7) is 5.48. The van der Waals surface area contributed by atoms with Crippen molar-refractivity contribution in [2.24, 2.45) is 0 Å². The number of para-hydroxylation sites is 1. The van der Waals surface area contributed by atoms with Crippen molar-refractivity contribution < 1.29 is 4.79 Å². The van der Waals surface area contributed by atoms with E-state index < -0.39 is 0 Å². The van der Waals surface area contributed by atoms with Crippen LogP contribution in [0.4, 0.5) is 11.4 Å². The average Bonchev–Trinajstić information content (AvgIpc) is 2.66. The molecule has 1 aliphatic heterocycles. The first-order valence-electron chi connectivity index (χ1n) is 9.17. The number of nitrogens with one attached hydrogen (secondary N) is 1. The fourth-order valence-corrected chi connectivity index (χ4v) is 3.77. The van der Waals surface area contributed by atoms with Crippen molar-refractivity contribution in [1.82, 2.24) is 4.98 Å². The highest BCUT2D eigenvalue weighted by molar-refractivity contribution is 5.92. The predicted octanol–water partition coefficient (Wildman–Crippen LogP) is 4.32. The van der Waals surface area contributed by atoms with Gasteiger partial charge in [0, 0.05) is 42.5 Å². The minimum absolute atomic E-state index is 0.0199. The number of carbonyl (C=O) groups excluding carboxylic acids is 1. The zero-order valence-corrected chi connectivity index (χ0v) is 15.2. The molecule has 132 valence electrons. The predicted molar refractivity (Wildman–Crippen MR) is 107 cm³/mol. The number of nitrogens with zero attached hydrogens (tertiary/aromatic N) is 2. The first-order valence-corrected chi connectivity index (χ1v) is 9.17. The summed E-state index contributed by atoms with van der Waals surface area (Å²) >= 11 is 0. The Labute approximate surface area is 153 Å². The van der Waals surface area contributed by atoms with Gasteiger partial charge in [-0.25, -0.2) is 0 Å². The molecule has 0 atom stereocenters. The zero-order valence-electron chi connectivity index (χ0n) is 15.2. The summed E-state index contributed by atoms with van der Waals surface area (Å²) in [5.74, 6) is -0.0199. The highest BCUT2D eigenvalue weighted by atomic mass is 16.1. The Kier molecular flexibility index (Phi) is 4.33. The SMILES string of the molecule is CCc1cc(N2CCc3c(cccc3NC(C)=O)C2)c2ccccc2n1. The molecule has 0 bridgehead atoms. The molecule has 2 heterocycles. The Morgan fingerprint density at radius 3 is 2.85 bits per heavy atom. The summed E-state index contributed by atoms with van der Waals surface area (Å²) in [5, 5.41) is 4.17. The maximum absolute atomic E-state index is 11.5. The summed E-state index contributed by atoms with van der Waals surface area (Å²) in [6, 6.07) is 16.8. The third kappa shape index (κ3) is 3.03. The second-order valence-electron chi connectivity index (χ2n) is 6.80. The largest absolute Gasteiger partial charge is 0.366 e. The lowest BCUT2D eigenvalue weighted by Crippen LogP contribution is -2.31. The summed E-state index contributed by atoms with van der Waals surface area (Å²) in [4.78, 5) is 18.7. The van der Waals surface area contributed by atoms with E-state index in [9.17, 15) is 4.79 Å². The topological polar surface area (TPSA) is 45.2 Å². The van der Waals surface area contributed by atoms with Gasteiger partial charge in [-0.2, -0.15) is 0 Å². The van der Waals surface area contributed by atoms with Crippen molar-refractivity contribution >= 4 is 28.2 Å². The van der Waals surface area contributed by atoms with E-state index in [2.05, 4.69) is 47.5 Å². The van der Waals surface area contributed by atoms with Crippen LogP contribution >= 0.6 is 0 Å². The van der Waals surface area contributed by atoms with E-state index in [1.54, 1.807) is 6.92 Å². The molecule has 0 unspecified atom stereocenters. The standard InChI is InChI=1S/C22H23N3O/c1-3-17-13-22(19-8-4-5-9-21(19)24-17)25-12-11-18-16(14-25)7-6-10-20(18)23-15(2)26/h4-10,13H,3,11-12,14H2,1-2H3,(H,23,26). The van der Waals surface area contributed by atoms with E-state index in [0.29, 0.717) is 0 Å². The first kappa shape index (κ1) is 16.6. The van der Waals surface area contributed by atoms with Gasteiger partial charge in [-0.3, -0.25) is 9.78 Å². The van der Waals surface area contributed by atoms with E-state index in [0.717, 1.165) is 42.8 Å². The van der Waals surface area contributed by atoms with Gasteiger partial charge in [0.2, 0.25) is 5.91 Å². The van der Waals surface area contributed by atoms with Crippen molar-refractivity contribution in [1.29, 1.82) is 0 Å². The third-order valence-electron chi connectivity index (χ3n) is 5.03. The highest BCUT2D eigenvalue weighted by Gasteiger charge is 2.21. The molecule has 4 heteroatoms. The van der Waals surface area contributed by atoms with E-state index >= 15 is 0 Å². The van der Waals surface area contributed by atoms with E-state index in [4.69, 9.17) is 4.98 Å². The lowest BCUT2D eigenvalue weighted by molar-refractivity contribution is -0.114. The number of fused-ring (bicyclic) bond motifs is 2. The van der Waals surface area contributed by atoms with Crippen molar-refractivity contribution in [3.05, 3.63) is 65.4 Å². The summed E-state index contributed by atoms with van der Waals surface area (Å²) in [6.07, 6.45) is 1.85. The molecule has 0 fully saturated rings. The van der Waals surface area contributed by atoms with Crippen molar-refractivity contribution in [2.45, 2.75) is 33.2 Å². The zero-order chi connectivity index (χ0) is 18.1. The smallest absolute Gasteiger partial charge is 0.221 e. The minimum Gasteiger partial charge on any atom is -0.366 e. The fraction of sp³-hybridized carbons (Fsp3) is 0.273. The molecule has 0 saturated heterocycles. The molecular weight excluding hydrogens is 322 g/mol. The second-order valence-corrected chi connectivity index (χ2v) is 6.80. The van der Waals surface area contributed by atoms with Crippen LogP contribution in [-0.2, 0) is 24.2 Å². The highest BCUT2D eigenvalue weighted by Crippen LogP contribution is 2.33. The number of carbonyl (C=O) groups is 1. The van der Waals surface area contributed by atoms with Crippen molar-refractivity contribution in [3.8, 4) is 0 Å². The van der Waals surface area contributed by atoms with Gasteiger partial charge in [0.15, 0.2) is 0 Å². The van der Waals surface area contributed by atoms with E-state index in [1.165, 1.54) is 22.2 Å². The van der Waals surface area contributed by atoms with Crippen LogP contribution in [0, 0.1) is 0 Å². The lowest BCUT2D eigenvalue weighted by Gasteiger charge is -2.33. The molecule has 0 radical (unpaired) electrons. The Morgan fingerprint density at radius 1 is 1.19 bits per heavy atom. The molecule has 0 aliphatic carbocycles. The maximum Gasteiger partial charge on any atom is 0.221 e. The molecule has 1 aliphatic rings.